The molecule has 0 amide bonds. The minimum atomic E-state index is -0.204. The van der Waals surface area contributed by atoms with E-state index in [2.05, 4.69) is 49.3 Å². The SMILES string of the molecule is O=c1[nH]c(N2CCN(C/C=C/c3ccccc3)CC2)nnc1-c1ccccc1. The summed E-state index contributed by atoms with van der Waals surface area (Å²) in [6.45, 7) is 4.38. The van der Waals surface area contributed by atoms with Gasteiger partial charge in [-0.1, -0.05) is 72.8 Å². The molecule has 1 aromatic heterocycles. The molecule has 0 atom stereocenters. The summed E-state index contributed by atoms with van der Waals surface area (Å²) < 4.78 is 0. The number of aromatic nitrogens is 3. The van der Waals surface area contributed by atoms with Gasteiger partial charge in [-0.15, -0.1) is 10.2 Å². The minimum Gasteiger partial charge on any atom is -0.338 e. The highest BCUT2D eigenvalue weighted by Crippen LogP contribution is 2.13. The molecule has 142 valence electrons. The molecule has 4 rings (SSSR count). The van der Waals surface area contributed by atoms with Crippen LogP contribution in [0.4, 0.5) is 5.95 Å². The number of hydrogen-bond acceptors (Lipinski definition) is 5. The predicted molar refractivity (Wildman–Crippen MR) is 112 cm³/mol. The molecule has 0 bridgehead atoms. The summed E-state index contributed by atoms with van der Waals surface area (Å²) in [5.41, 5.74) is 2.14. The molecule has 1 fully saturated rings. The van der Waals surface area contributed by atoms with Crippen molar-refractivity contribution < 1.29 is 0 Å². The van der Waals surface area contributed by atoms with Crippen molar-refractivity contribution in [2.45, 2.75) is 0 Å². The van der Waals surface area contributed by atoms with E-state index in [0.717, 1.165) is 38.3 Å². The fourth-order valence-corrected chi connectivity index (χ4v) is 3.30. The van der Waals surface area contributed by atoms with Crippen LogP contribution in [0, 0.1) is 0 Å². The molecular weight excluding hydrogens is 350 g/mol. The number of H-pyrrole nitrogens is 1. The highest BCUT2D eigenvalue weighted by atomic mass is 16.1. The second kappa shape index (κ2) is 8.63. The topological polar surface area (TPSA) is 65.1 Å². The monoisotopic (exact) mass is 373 g/mol. The van der Waals surface area contributed by atoms with E-state index in [-0.39, 0.29) is 5.56 Å². The maximum absolute atomic E-state index is 12.4. The van der Waals surface area contributed by atoms with Crippen molar-refractivity contribution in [1.29, 1.82) is 0 Å². The molecule has 1 saturated heterocycles. The Morgan fingerprint density at radius 3 is 2.25 bits per heavy atom. The van der Waals surface area contributed by atoms with E-state index < -0.39 is 0 Å². The summed E-state index contributed by atoms with van der Waals surface area (Å²) in [7, 11) is 0. The maximum Gasteiger partial charge on any atom is 0.279 e. The summed E-state index contributed by atoms with van der Waals surface area (Å²) in [6, 6.07) is 19.7. The first kappa shape index (κ1) is 18.1. The van der Waals surface area contributed by atoms with Crippen molar-refractivity contribution >= 4 is 12.0 Å². The van der Waals surface area contributed by atoms with Crippen molar-refractivity contribution in [3.05, 3.63) is 82.7 Å². The van der Waals surface area contributed by atoms with Crippen LogP contribution >= 0.6 is 0 Å². The normalized spacial score (nSPS) is 15.2. The third kappa shape index (κ3) is 4.35. The lowest BCUT2D eigenvalue weighted by Gasteiger charge is -2.34. The Hall–Kier alpha value is -3.25. The van der Waals surface area contributed by atoms with E-state index >= 15 is 0 Å². The van der Waals surface area contributed by atoms with Crippen LogP contribution < -0.4 is 10.5 Å². The van der Waals surface area contributed by atoms with Crippen LogP contribution in [0.5, 0.6) is 0 Å². The molecule has 1 aliphatic rings. The molecule has 1 N–H and O–H groups in total. The largest absolute Gasteiger partial charge is 0.338 e. The fourth-order valence-electron chi connectivity index (χ4n) is 3.30. The highest BCUT2D eigenvalue weighted by molar-refractivity contribution is 5.57. The summed E-state index contributed by atoms with van der Waals surface area (Å²) in [6.07, 6.45) is 4.35. The molecule has 6 nitrogen and oxygen atoms in total. The van der Waals surface area contributed by atoms with Gasteiger partial charge in [-0.2, -0.15) is 0 Å². The smallest absolute Gasteiger partial charge is 0.279 e. The van der Waals surface area contributed by atoms with Gasteiger partial charge in [0, 0.05) is 38.3 Å². The molecule has 2 aromatic carbocycles. The fraction of sp³-hybridized carbons (Fsp3) is 0.227. The second-order valence-electron chi connectivity index (χ2n) is 6.79. The third-order valence-corrected chi connectivity index (χ3v) is 4.88. The number of benzene rings is 2. The quantitative estimate of drug-likeness (QED) is 0.745. The summed E-state index contributed by atoms with van der Waals surface area (Å²) in [5.74, 6) is 0.546. The van der Waals surface area contributed by atoms with E-state index in [9.17, 15) is 4.79 Å². The lowest BCUT2D eigenvalue weighted by molar-refractivity contribution is 0.282. The van der Waals surface area contributed by atoms with E-state index in [1.165, 1.54) is 5.56 Å². The van der Waals surface area contributed by atoms with Gasteiger partial charge < -0.3 is 4.90 Å². The van der Waals surface area contributed by atoms with Crippen LogP contribution in [-0.4, -0.2) is 52.8 Å². The van der Waals surface area contributed by atoms with Crippen LogP contribution in [0.25, 0.3) is 17.3 Å². The number of anilines is 1. The zero-order valence-corrected chi connectivity index (χ0v) is 15.7. The Labute approximate surface area is 164 Å². The Bertz CT molecular complexity index is 977. The third-order valence-electron chi connectivity index (χ3n) is 4.88. The average molecular weight is 373 g/mol. The average Bonchev–Trinajstić information content (AvgIpc) is 2.75. The van der Waals surface area contributed by atoms with Gasteiger partial charge in [-0.3, -0.25) is 14.7 Å². The van der Waals surface area contributed by atoms with Crippen LogP contribution in [-0.2, 0) is 0 Å². The first-order valence-electron chi connectivity index (χ1n) is 9.51. The molecule has 1 aliphatic heterocycles. The predicted octanol–water partition coefficient (Wildman–Crippen LogP) is 2.67. The number of rotatable bonds is 5. The number of aromatic amines is 1. The van der Waals surface area contributed by atoms with Crippen molar-refractivity contribution in [2.75, 3.05) is 37.6 Å². The van der Waals surface area contributed by atoms with Gasteiger partial charge in [-0.25, -0.2) is 0 Å². The zero-order valence-electron chi connectivity index (χ0n) is 15.7. The summed E-state index contributed by atoms with van der Waals surface area (Å²) in [5, 5.41) is 8.42. The molecule has 0 saturated carbocycles. The molecule has 6 heteroatoms. The van der Waals surface area contributed by atoms with Crippen LogP contribution in [0.1, 0.15) is 5.56 Å². The van der Waals surface area contributed by atoms with Crippen molar-refractivity contribution in [3.8, 4) is 11.3 Å². The van der Waals surface area contributed by atoms with Gasteiger partial charge in [0.15, 0.2) is 5.69 Å². The Morgan fingerprint density at radius 2 is 1.57 bits per heavy atom. The maximum atomic E-state index is 12.4. The van der Waals surface area contributed by atoms with Crippen molar-refractivity contribution in [2.24, 2.45) is 0 Å². The van der Waals surface area contributed by atoms with E-state index in [4.69, 9.17) is 0 Å². The molecule has 3 aromatic rings. The lowest BCUT2D eigenvalue weighted by atomic mass is 10.2. The molecule has 0 aliphatic carbocycles. The van der Waals surface area contributed by atoms with Crippen LogP contribution in [0.15, 0.2) is 71.5 Å². The molecular formula is C22H23N5O. The molecule has 0 radical (unpaired) electrons. The second-order valence-corrected chi connectivity index (χ2v) is 6.79. The van der Waals surface area contributed by atoms with Gasteiger partial charge in [0.1, 0.15) is 0 Å². The first-order chi connectivity index (χ1) is 13.8. The van der Waals surface area contributed by atoms with Gasteiger partial charge in [0.05, 0.1) is 0 Å². The standard InChI is InChI=1S/C22H23N5O/c28-21-20(19-11-5-2-6-12-19)24-25-22(23-21)27-16-14-26(15-17-27)13-7-10-18-8-3-1-4-9-18/h1-12H,13-17H2,(H,23,25,28)/b10-7+. The Kier molecular flexibility index (Phi) is 5.58. The number of piperazine rings is 1. The molecule has 0 unspecified atom stereocenters. The highest BCUT2D eigenvalue weighted by Gasteiger charge is 2.19. The van der Waals surface area contributed by atoms with Crippen LogP contribution in [0.3, 0.4) is 0 Å². The number of nitrogens with one attached hydrogen (secondary N) is 1. The summed E-state index contributed by atoms with van der Waals surface area (Å²) in [4.78, 5) is 19.8. The Balaban J connectivity index is 1.34. The van der Waals surface area contributed by atoms with Gasteiger partial charge >= 0.3 is 0 Å². The van der Waals surface area contributed by atoms with E-state index in [0.29, 0.717) is 11.6 Å². The summed E-state index contributed by atoms with van der Waals surface area (Å²) >= 11 is 0. The molecule has 28 heavy (non-hydrogen) atoms. The van der Waals surface area contributed by atoms with Gasteiger partial charge in [0.25, 0.3) is 5.56 Å². The van der Waals surface area contributed by atoms with Gasteiger partial charge in [0.2, 0.25) is 5.95 Å². The number of nitrogens with zero attached hydrogens (tertiary/aromatic N) is 4. The van der Waals surface area contributed by atoms with Gasteiger partial charge in [-0.05, 0) is 5.56 Å². The van der Waals surface area contributed by atoms with E-state index in [1.807, 2.05) is 48.5 Å². The van der Waals surface area contributed by atoms with Crippen molar-refractivity contribution in [3.63, 3.8) is 0 Å². The van der Waals surface area contributed by atoms with Crippen LogP contribution in [0.2, 0.25) is 0 Å². The van der Waals surface area contributed by atoms with E-state index in [1.54, 1.807) is 0 Å². The van der Waals surface area contributed by atoms with Crippen molar-refractivity contribution in [1.82, 2.24) is 20.1 Å². The Morgan fingerprint density at radius 1 is 0.893 bits per heavy atom. The minimum absolute atomic E-state index is 0.204. The lowest BCUT2D eigenvalue weighted by Crippen LogP contribution is -2.47. The molecule has 0 spiro atoms. The first-order valence-corrected chi connectivity index (χ1v) is 9.51. The number of hydrogen-bond donors (Lipinski definition) is 1. The zero-order chi connectivity index (χ0) is 19.2. The molecule has 2 heterocycles.